The van der Waals surface area contributed by atoms with Gasteiger partial charge >= 0.3 is 11.9 Å². The molecular formula is C18H18N2O5S. The smallest absolute Gasteiger partial charge is 0.341 e. The summed E-state index contributed by atoms with van der Waals surface area (Å²) < 4.78 is 10.1. The van der Waals surface area contributed by atoms with E-state index in [1.54, 1.807) is 19.1 Å². The lowest BCUT2D eigenvalue weighted by atomic mass is 10.1. The fourth-order valence-corrected chi connectivity index (χ4v) is 3.48. The van der Waals surface area contributed by atoms with Crippen LogP contribution in [0.4, 0.5) is 5.00 Å². The maximum Gasteiger partial charge on any atom is 0.341 e. The molecule has 7 nitrogen and oxygen atoms in total. The van der Waals surface area contributed by atoms with Crippen LogP contribution in [0.5, 0.6) is 0 Å². The Balaban J connectivity index is 1.64. The minimum Gasteiger partial charge on any atom is -0.462 e. The molecule has 0 bridgehead atoms. The van der Waals surface area contributed by atoms with Gasteiger partial charge in [0, 0.05) is 12.4 Å². The van der Waals surface area contributed by atoms with Gasteiger partial charge in [-0.15, -0.1) is 11.3 Å². The number of hydrogen-bond acceptors (Lipinski definition) is 7. The van der Waals surface area contributed by atoms with E-state index in [0.717, 1.165) is 18.4 Å². The SMILES string of the molecule is CCOC(=O)c1c(C2CC2)csc1NC(=O)COC(=O)c1cccnc1. The summed E-state index contributed by atoms with van der Waals surface area (Å²) in [6.07, 6.45) is 4.95. The fourth-order valence-electron chi connectivity index (χ4n) is 2.43. The highest BCUT2D eigenvalue weighted by atomic mass is 32.1. The lowest BCUT2D eigenvalue weighted by molar-refractivity contribution is -0.119. The maximum atomic E-state index is 12.3. The van der Waals surface area contributed by atoms with Gasteiger partial charge in [-0.05, 0) is 48.8 Å². The number of carbonyl (C=O) groups excluding carboxylic acids is 3. The number of amides is 1. The summed E-state index contributed by atoms with van der Waals surface area (Å²) in [6, 6.07) is 3.15. The van der Waals surface area contributed by atoms with E-state index in [4.69, 9.17) is 9.47 Å². The number of hydrogen-bond donors (Lipinski definition) is 1. The van der Waals surface area contributed by atoms with Crippen LogP contribution in [0.15, 0.2) is 29.9 Å². The van der Waals surface area contributed by atoms with Gasteiger partial charge in [0.1, 0.15) is 5.00 Å². The van der Waals surface area contributed by atoms with Crippen molar-refractivity contribution >= 4 is 34.2 Å². The number of aromatic nitrogens is 1. The topological polar surface area (TPSA) is 94.6 Å². The second-order valence-electron chi connectivity index (χ2n) is 5.76. The van der Waals surface area contributed by atoms with Gasteiger partial charge in [-0.25, -0.2) is 9.59 Å². The quantitative estimate of drug-likeness (QED) is 0.749. The predicted molar refractivity (Wildman–Crippen MR) is 95.4 cm³/mol. The summed E-state index contributed by atoms with van der Waals surface area (Å²) in [6.45, 7) is 1.54. The third kappa shape index (κ3) is 4.26. The van der Waals surface area contributed by atoms with Crippen molar-refractivity contribution in [2.45, 2.75) is 25.7 Å². The molecule has 0 atom stereocenters. The monoisotopic (exact) mass is 374 g/mol. The standard InChI is InChI=1S/C18H18N2O5S/c1-2-24-18(23)15-13(11-5-6-11)10-26-16(15)20-14(21)9-25-17(22)12-4-3-7-19-8-12/h3-4,7-8,10-11H,2,5-6,9H2,1H3,(H,20,21). The van der Waals surface area contributed by atoms with Crippen molar-refractivity contribution < 1.29 is 23.9 Å². The predicted octanol–water partition coefficient (Wildman–Crippen LogP) is 2.99. The average molecular weight is 374 g/mol. The number of nitrogens with one attached hydrogen (secondary N) is 1. The zero-order valence-electron chi connectivity index (χ0n) is 14.2. The molecule has 1 fully saturated rings. The molecule has 2 aromatic rings. The van der Waals surface area contributed by atoms with Gasteiger partial charge in [-0.3, -0.25) is 9.78 Å². The van der Waals surface area contributed by atoms with Crippen molar-refractivity contribution in [3.8, 4) is 0 Å². The molecule has 0 unspecified atom stereocenters. The molecule has 1 amide bonds. The van der Waals surface area contributed by atoms with Gasteiger partial charge in [-0.2, -0.15) is 0 Å². The van der Waals surface area contributed by atoms with Crippen molar-refractivity contribution in [1.29, 1.82) is 0 Å². The Bertz CT molecular complexity index is 814. The van der Waals surface area contributed by atoms with Crippen LogP contribution in [-0.2, 0) is 14.3 Å². The zero-order chi connectivity index (χ0) is 18.5. The normalized spacial score (nSPS) is 13.1. The molecule has 1 N–H and O–H groups in total. The molecule has 3 rings (SSSR count). The molecule has 0 aromatic carbocycles. The second kappa shape index (κ2) is 8.09. The zero-order valence-corrected chi connectivity index (χ0v) is 15.0. The third-order valence-corrected chi connectivity index (χ3v) is 4.71. The molecule has 1 aliphatic carbocycles. The summed E-state index contributed by atoms with van der Waals surface area (Å²) in [4.78, 5) is 40.1. The van der Waals surface area contributed by atoms with E-state index in [1.807, 2.05) is 5.38 Å². The van der Waals surface area contributed by atoms with Crippen LogP contribution in [0.1, 0.15) is 52.0 Å². The van der Waals surface area contributed by atoms with Crippen LogP contribution in [0.25, 0.3) is 0 Å². The molecule has 1 saturated carbocycles. The molecule has 1 aliphatic rings. The molecule has 8 heteroatoms. The molecule has 0 radical (unpaired) electrons. The molecule has 26 heavy (non-hydrogen) atoms. The number of ether oxygens (including phenoxy) is 2. The number of carbonyl (C=O) groups is 3. The van der Waals surface area contributed by atoms with Crippen LogP contribution >= 0.6 is 11.3 Å². The van der Waals surface area contributed by atoms with E-state index in [2.05, 4.69) is 10.3 Å². The van der Waals surface area contributed by atoms with Gasteiger partial charge in [0.15, 0.2) is 6.61 Å². The van der Waals surface area contributed by atoms with Crippen LogP contribution in [0, 0.1) is 0 Å². The number of rotatable bonds is 7. The first-order valence-corrected chi connectivity index (χ1v) is 9.13. The first-order chi connectivity index (χ1) is 12.6. The largest absolute Gasteiger partial charge is 0.462 e. The minimum absolute atomic E-state index is 0.259. The highest BCUT2D eigenvalue weighted by Gasteiger charge is 2.32. The van der Waals surface area contributed by atoms with Crippen LogP contribution < -0.4 is 5.32 Å². The first kappa shape index (κ1) is 18.1. The molecule has 0 saturated heterocycles. The molecular weight excluding hydrogens is 356 g/mol. The second-order valence-corrected chi connectivity index (χ2v) is 6.64. The molecule has 2 heterocycles. The molecule has 0 aliphatic heterocycles. The Hall–Kier alpha value is -2.74. The van der Waals surface area contributed by atoms with Crippen molar-refractivity contribution in [2.75, 3.05) is 18.5 Å². The summed E-state index contributed by atoms with van der Waals surface area (Å²) in [7, 11) is 0. The van der Waals surface area contributed by atoms with Crippen LogP contribution in [0.2, 0.25) is 0 Å². The molecule has 136 valence electrons. The Labute approximate surface area is 154 Å². The lowest BCUT2D eigenvalue weighted by Gasteiger charge is -2.08. The van der Waals surface area contributed by atoms with E-state index >= 15 is 0 Å². The van der Waals surface area contributed by atoms with Crippen molar-refractivity contribution in [3.05, 3.63) is 46.6 Å². The highest BCUT2D eigenvalue weighted by Crippen LogP contribution is 2.46. The summed E-state index contributed by atoms with van der Waals surface area (Å²) >= 11 is 1.27. The van der Waals surface area contributed by atoms with E-state index in [0.29, 0.717) is 16.5 Å². The summed E-state index contributed by atoms with van der Waals surface area (Å²) in [5, 5.41) is 4.95. The number of nitrogens with zero attached hydrogens (tertiary/aromatic N) is 1. The Morgan fingerprint density at radius 1 is 1.27 bits per heavy atom. The van der Waals surface area contributed by atoms with Gasteiger partial charge in [-0.1, -0.05) is 0 Å². The Morgan fingerprint density at radius 3 is 2.73 bits per heavy atom. The lowest BCUT2D eigenvalue weighted by Crippen LogP contribution is -2.22. The van der Waals surface area contributed by atoms with Gasteiger partial charge in [0.05, 0.1) is 17.7 Å². The number of thiophene rings is 1. The summed E-state index contributed by atoms with van der Waals surface area (Å²) in [5.74, 6) is -1.25. The van der Waals surface area contributed by atoms with E-state index in [1.165, 1.54) is 23.7 Å². The highest BCUT2D eigenvalue weighted by molar-refractivity contribution is 7.15. The van der Waals surface area contributed by atoms with Gasteiger partial charge < -0.3 is 14.8 Å². The Morgan fingerprint density at radius 2 is 2.08 bits per heavy atom. The van der Waals surface area contributed by atoms with Crippen molar-refractivity contribution in [3.63, 3.8) is 0 Å². The van der Waals surface area contributed by atoms with E-state index < -0.39 is 24.5 Å². The number of esters is 2. The number of anilines is 1. The van der Waals surface area contributed by atoms with Gasteiger partial charge in [0.2, 0.25) is 0 Å². The Kier molecular flexibility index (Phi) is 5.62. The third-order valence-electron chi connectivity index (χ3n) is 3.80. The minimum atomic E-state index is -0.635. The fraction of sp³-hybridized carbons (Fsp3) is 0.333. The number of pyridine rings is 1. The average Bonchev–Trinajstić information content (AvgIpc) is 3.41. The van der Waals surface area contributed by atoms with E-state index in [9.17, 15) is 14.4 Å². The van der Waals surface area contributed by atoms with Crippen molar-refractivity contribution in [1.82, 2.24) is 4.98 Å². The summed E-state index contributed by atoms with van der Waals surface area (Å²) in [5.41, 5.74) is 1.59. The van der Waals surface area contributed by atoms with Crippen LogP contribution in [0.3, 0.4) is 0 Å². The molecule has 0 spiro atoms. The maximum absolute atomic E-state index is 12.3. The first-order valence-electron chi connectivity index (χ1n) is 8.25. The van der Waals surface area contributed by atoms with Crippen molar-refractivity contribution in [2.24, 2.45) is 0 Å². The van der Waals surface area contributed by atoms with Crippen LogP contribution in [-0.4, -0.2) is 36.0 Å². The molecule has 2 aromatic heterocycles. The van der Waals surface area contributed by atoms with Gasteiger partial charge in [0.25, 0.3) is 5.91 Å². The van der Waals surface area contributed by atoms with E-state index in [-0.39, 0.29) is 12.2 Å².